The van der Waals surface area contributed by atoms with E-state index in [1.165, 1.54) is 14.2 Å². The molecule has 4 nitrogen and oxygen atoms in total. The van der Waals surface area contributed by atoms with Gasteiger partial charge in [-0.15, -0.1) is 0 Å². The number of carbonyl (C=O) groups excluding carboxylic acids is 2. The Labute approximate surface area is 95.9 Å². The molecular formula is C12H18O4. The zero-order valence-electron chi connectivity index (χ0n) is 10.6. The molecule has 0 heterocycles. The highest BCUT2D eigenvalue weighted by molar-refractivity contribution is 5.92. The molecule has 90 valence electrons. The van der Waals surface area contributed by atoms with Gasteiger partial charge >= 0.3 is 11.9 Å². The van der Waals surface area contributed by atoms with E-state index < -0.39 is 11.9 Å². The fraction of sp³-hybridized carbons (Fsp3) is 0.500. The molecule has 0 aliphatic heterocycles. The largest absolute Gasteiger partial charge is 0.466 e. The summed E-state index contributed by atoms with van der Waals surface area (Å²) in [4.78, 5) is 22.6. The molecule has 0 amide bonds. The quantitative estimate of drug-likeness (QED) is 0.419. The second-order valence-electron chi connectivity index (χ2n) is 3.48. The van der Waals surface area contributed by atoms with Crippen LogP contribution < -0.4 is 0 Å². The van der Waals surface area contributed by atoms with Crippen molar-refractivity contribution in [2.45, 2.75) is 27.7 Å². The van der Waals surface area contributed by atoms with Crippen LogP contribution in [-0.4, -0.2) is 26.2 Å². The highest BCUT2D eigenvalue weighted by Gasteiger charge is 2.13. The summed E-state index contributed by atoms with van der Waals surface area (Å²) in [5.74, 6) is -0.788. The molecule has 4 heteroatoms. The Morgan fingerprint density at radius 3 is 1.06 bits per heavy atom. The second kappa shape index (κ2) is 6.10. The lowest BCUT2D eigenvalue weighted by Crippen LogP contribution is -2.08. The Bertz CT molecular complexity index is 325. The van der Waals surface area contributed by atoms with Crippen LogP contribution in [0.4, 0.5) is 0 Å². The van der Waals surface area contributed by atoms with E-state index in [1.807, 2.05) is 0 Å². The maximum Gasteiger partial charge on any atom is 0.333 e. The topological polar surface area (TPSA) is 52.6 Å². The Hall–Kier alpha value is -1.58. The van der Waals surface area contributed by atoms with Gasteiger partial charge in [0.05, 0.1) is 14.2 Å². The van der Waals surface area contributed by atoms with Gasteiger partial charge < -0.3 is 9.47 Å². The summed E-state index contributed by atoms with van der Waals surface area (Å²) in [6, 6.07) is 0. The average Bonchev–Trinajstić information content (AvgIpc) is 2.32. The Kier molecular flexibility index (Phi) is 5.50. The van der Waals surface area contributed by atoms with Crippen LogP contribution in [-0.2, 0) is 19.1 Å². The molecule has 0 radical (unpaired) electrons. The monoisotopic (exact) mass is 226 g/mol. The zero-order chi connectivity index (χ0) is 12.9. The first-order valence-electron chi connectivity index (χ1n) is 4.88. The summed E-state index contributed by atoms with van der Waals surface area (Å²) in [5, 5.41) is 0. The molecule has 0 rings (SSSR count). The van der Waals surface area contributed by atoms with E-state index in [-0.39, 0.29) is 0 Å². The fourth-order valence-electron chi connectivity index (χ4n) is 1.17. The van der Waals surface area contributed by atoms with E-state index in [0.29, 0.717) is 11.1 Å². The molecule has 0 unspecified atom stereocenters. The van der Waals surface area contributed by atoms with Gasteiger partial charge in [0, 0.05) is 11.1 Å². The molecule has 0 aliphatic carbocycles. The molecule has 0 N–H and O–H groups in total. The highest BCUT2D eigenvalue weighted by Crippen LogP contribution is 2.19. The predicted octanol–water partition coefficient (Wildman–Crippen LogP) is 2.01. The van der Waals surface area contributed by atoms with Crippen LogP contribution in [0.1, 0.15) is 27.7 Å². The number of hydrogen-bond donors (Lipinski definition) is 0. The molecule has 0 bridgehead atoms. The molecule has 0 saturated carbocycles. The first-order valence-corrected chi connectivity index (χ1v) is 4.88. The first-order chi connectivity index (χ1) is 7.36. The lowest BCUT2D eigenvalue weighted by Gasteiger charge is -2.09. The smallest absolute Gasteiger partial charge is 0.333 e. The van der Waals surface area contributed by atoms with Crippen molar-refractivity contribution in [1.82, 2.24) is 0 Å². The van der Waals surface area contributed by atoms with Gasteiger partial charge in [0.2, 0.25) is 0 Å². The van der Waals surface area contributed by atoms with Crippen molar-refractivity contribution in [2.75, 3.05) is 14.2 Å². The molecular weight excluding hydrogens is 208 g/mol. The van der Waals surface area contributed by atoms with Crippen molar-refractivity contribution in [3.8, 4) is 0 Å². The van der Waals surface area contributed by atoms with E-state index in [2.05, 4.69) is 9.47 Å². The Balaban J connectivity index is 5.35. The standard InChI is InChI=1S/C12H18O4/c1-7(9(3)11(13)15-5)8(2)10(4)12(14)16-6/h1-6H3/b9-7+,10-8+. The van der Waals surface area contributed by atoms with Gasteiger partial charge in [-0.3, -0.25) is 0 Å². The number of methoxy groups -OCH3 is 2. The number of rotatable bonds is 3. The maximum absolute atomic E-state index is 11.3. The summed E-state index contributed by atoms with van der Waals surface area (Å²) in [7, 11) is 2.65. The number of ether oxygens (including phenoxy) is 2. The molecule has 0 spiro atoms. The van der Waals surface area contributed by atoms with Crippen molar-refractivity contribution >= 4 is 11.9 Å². The van der Waals surface area contributed by atoms with E-state index in [9.17, 15) is 9.59 Å². The lowest BCUT2D eigenvalue weighted by molar-refractivity contribution is -0.137. The third-order valence-electron chi connectivity index (χ3n) is 2.67. The molecule has 0 aromatic rings. The van der Waals surface area contributed by atoms with E-state index in [1.54, 1.807) is 27.7 Å². The third-order valence-corrected chi connectivity index (χ3v) is 2.67. The van der Waals surface area contributed by atoms with E-state index in [4.69, 9.17) is 0 Å². The normalized spacial score (nSPS) is 13.6. The number of allylic oxidation sites excluding steroid dienone is 2. The van der Waals surface area contributed by atoms with Gasteiger partial charge in [-0.25, -0.2) is 9.59 Å². The lowest BCUT2D eigenvalue weighted by atomic mass is 9.99. The molecule has 0 fully saturated rings. The van der Waals surface area contributed by atoms with E-state index >= 15 is 0 Å². The van der Waals surface area contributed by atoms with Gasteiger partial charge in [0.15, 0.2) is 0 Å². The fourth-order valence-corrected chi connectivity index (χ4v) is 1.17. The van der Waals surface area contributed by atoms with Crippen LogP contribution >= 0.6 is 0 Å². The van der Waals surface area contributed by atoms with Crippen LogP contribution in [0, 0.1) is 0 Å². The molecule has 0 aromatic carbocycles. The highest BCUT2D eigenvalue weighted by atomic mass is 16.5. The van der Waals surface area contributed by atoms with Gasteiger partial charge in [-0.1, -0.05) is 0 Å². The third kappa shape index (κ3) is 3.22. The number of carbonyl (C=O) groups is 2. The molecule has 0 aliphatic rings. The minimum Gasteiger partial charge on any atom is -0.466 e. The van der Waals surface area contributed by atoms with Crippen LogP contribution in [0.5, 0.6) is 0 Å². The van der Waals surface area contributed by atoms with Gasteiger partial charge in [-0.2, -0.15) is 0 Å². The van der Waals surface area contributed by atoms with Crippen molar-refractivity contribution in [2.24, 2.45) is 0 Å². The molecule has 16 heavy (non-hydrogen) atoms. The van der Waals surface area contributed by atoms with Gasteiger partial charge in [0.1, 0.15) is 0 Å². The summed E-state index contributed by atoms with van der Waals surface area (Å²) in [6.07, 6.45) is 0. The number of hydrogen-bond acceptors (Lipinski definition) is 4. The zero-order valence-corrected chi connectivity index (χ0v) is 10.6. The van der Waals surface area contributed by atoms with Crippen molar-refractivity contribution in [3.05, 3.63) is 22.3 Å². The summed E-state index contributed by atoms with van der Waals surface area (Å²) >= 11 is 0. The van der Waals surface area contributed by atoms with Crippen LogP contribution in [0.2, 0.25) is 0 Å². The predicted molar refractivity (Wildman–Crippen MR) is 60.8 cm³/mol. The maximum atomic E-state index is 11.3. The minimum atomic E-state index is -0.394. The number of esters is 2. The first kappa shape index (κ1) is 14.4. The summed E-state index contributed by atoms with van der Waals surface area (Å²) in [6.45, 7) is 6.87. The van der Waals surface area contributed by atoms with Crippen molar-refractivity contribution in [1.29, 1.82) is 0 Å². The van der Waals surface area contributed by atoms with Crippen LogP contribution in [0.25, 0.3) is 0 Å². The second-order valence-corrected chi connectivity index (χ2v) is 3.48. The molecule has 0 saturated heterocycles. The Morgan fingerprint density at radius 1 is 0.625 bits per heavy atom. The average molecular weight is 226 g/mol. The minimum absolute atomic E-state index is 0.394. The Morgan fingerprint density at radius 2 is 0.875 bits per heavy atom. The molecule has 0 aromatic heterocycles. The van der Waals surface area contributed by atoms with Crippen LogP contribution in [0.3, 0.4) is 0 Å². The molecule has 0 atom stereocenters. The summed E-state index contributed by atoms with van der Waals surface area (Å²) in [5.41, 5.74) is 2.44. The van der Waals surface area contributed by atoms with Gasteiger partial charge in [-0.05, 0) is 38.8 Å². The van der Waals surface area contributed by atoms with Gasteiger partial charge in [0.25, 0.3) is 0 Å². The summed E-state index contributed by atoms with van der Waals surface area (Å²) < 4.78 is 9.23. The van der Waals surface area contributed by atoms with E-state index in [0.717, 1.165) is 11.1 Å². The SMILES string of the molecule is COC(=O)/C(C)=C(C)/C(C)=C(\C)C(=O)OC. The van der Waals surface area contributed by atoms with Crippen molar-refractivity contribution < 1.29 is 19.1 Å². The van der Waals surface area contributed by atoms with Crippen molar-refractivity contribution in [3.63, 3.8) is 0 Å². The van der Waals surface area contributed by atoms with Crippen LogP contribution in [0.15, 0.2) is 22.3 Å².